The highest BCUT2D eigenvalue weighted by Crippen LogP contribution is 2.23. The first-order valence-corrected chi connectivity index (χ1v) is 6.52. The van der Waals surface area contributed by atoms with E-state index in [1.165, 1.54) is 12.1 Å². The highest BCUT2D eigenvalue weighted by Gasteiger charge is 2.21. The molecule has 0 bridgehead atoms. The Labute approximate surface area is 117 Å². The van der Waals surface area contributed by atoms with E-state index in [-0.39, 0.29) is 23.3 Å². The molecule has 6 heteroatoms. The van der Waals surface area contributed by atoms with E-state index in [0.717, 1.165) is 13.1 Å². The second-order valence-corrected chi connectivity index (χ2v) is 4.98. The number of hydrogen-bond donors (Lipinski definition) is 2. The molecule has 1 unspecified atom stereocenters. The number of hydrogen-bond acceptors (Lipinski definition) is 4. The molecule has 0 radical (unpaired) electrons. The number of likely N-dealkylation sites (N-methyl/N-ethyl adjacent to an activating group) is 1. The Balaban J connectivity index is 2.01. The molecule has 5 nitrogen and oxygen atoms in total. The number of carbonyl (C=O) groups excluding carboxylic acids is 1. The molecule has 19 heavy (non-hydrogen) atoms. The van der Waals surface area contributed by atoms with Crippen LogP contribution in [-0.2, 0) is 4.74 Å². The molecule has 1 fully saturated rings. The number of nitrogens with one attached hydrogen (secondary N) is 1. The molecular formula is C13H17ClN2O3. The quantitative estimate of drug-likeness (QED) is 0.873. The summed E-state index contributed by atoms with van der Waals surface area (Å²) in [6.07, 6.45) is -0.0165. The molecule has 104 valence electrons. The molecule has 0 aromatic heterocycles. The van der Waals surface area contributed by atoms with E-state index >= 15 is 0 Å². The van der Waals surface area contributed by atoms with Crippen molar-refractivity contribution in [2.75, 3.05) is 33.3 Å². The molecule has 1 aromatic carbocycles. The monoisotopic (exact) mass is 284 g/mol. The Morgan fingerprint density at radius 1 is 1.63 bits per heavy atom. The summed E-state index contributed by atoms with van der Waals surface area (Å²) in [6, 6.07) is 4.47. The number of ether oxygens (including phenoxy) is 1. The van der Waals surface area contributed by atoms with Crippen molar-refractivity contribution in [1.29, 1.82) is 0 Å². The van der Waals surface area contributed by atoms with Crippen molar-refractivity contribution in [3.05, 3.63) is 28.8 Å². The fraction of sp³-hybridized carbons (Fsp3) is 0.462. The van der Waals surface area contributed by atoms with Gasteiger partial charge in [0.15, 0.2) is 0 Å². The van der Waals surface area contributed by atoms with Gasteiger partial charge in [0.05, 0.1) is 18.3 Å². The summed E-state index contributed by atoms with van der Waals surface area (Å²) in [6.45, 7) is 2.70. The van der Waals surface area contributed by atoms with Crippen LogP contribution < -0.4 is 5.32 Å². The first-order chi connectivity index (χ1) is 9.08. The summed E-state index contributed by atoms with van der Waals surface area (Å²) in [5, 5.41) is 13.3. The van der Waals surface area contributed by atoms with Gasteiger partial charge in [0.1, 0.15) is 5.75 Å². The SMILES string of the molecule is CN(CC1CNCCO1)C(=O)c1ccc(Cl)cc1O. The number of morpholine rings is 1. The van der Waals surface area contributed by atoms with Crippen molar-refractivity contribution >= 4 is 17.5 Å². The van der Waals surface area contributed by atoms with Crippen LogP contribution in [0.15, 0.2) is 18.2 Å². The topological polar surface area (TPSA) is 61.8 Å². The lowest BCUT2D eigenvalue weighted by atomic mass is 10.1. The van der Waals surface area contributed by atoms with Crippen LogP contribution in [0.25, 0.3) is 0 Å². The molecule has 0 saturated carbocycles. The summed E-state index contributed by atoms with van der Waals surface area (Å²) < 4.78 is 5.54. The van der Waals surface area contributed by atoms with Gasteiger partial charge in [-0.15, -0.1) is 0 Å². The number of halogens is 1. The third-order valence-corrected chi connectivity index (χ3v) is 3.25. The minimum atomic E-state index is -0.247. The molecule has 1 atom stereocenters. The maximum absolute atomic E-state index is 12.2. The van der Waals surface area contributed by atoms with Gasteiger partial charge in [0.25, 0.3) is 5.91 Å². The zero-order chi connectivity index (χ0) is 13.8. The minimum absolute atomic E-state index is 0.0165. The van der Waals surface area contributed by atoms with Crippen molar-refractivity contribution in [2.24, 2.45) is 0 Å². The minimum Gasteiger partial charge on any atom is -0.507 e. The van der Waals surface area contributed by atoms with Gasteiger partial charge in [-0.25, -0.2) is 0 Å². The summed E-state index contributed by atoms with van der Waals surface area (Å²) in [4.78, 5) is 13.7. The van der Waals surface area contributed by atoms with Crippen LogP contribution in [0.3, 0.4) is 0 Å². The Kier molecular flexibility index (Phi) is 4.63. The average Bonchev–Trinajstić information content (AvgIpc) is 2.39. The summed E-state index contributed by atoms with van der Waals surface area (Å²) in [5.74, 6) is -0.352. The number of nitrogens with zero attached hydrogens (tertiary/aromatic N) is 1. The highest BCUT2D eigenvalue weighted by atomic mass is 35.5. The fourth-order valence-electron chi connectivity index (χ4n) is 2.02. The smallest absolute Gasteiger partial charge is 0.257 e. The Morgan fingerprint density at radius 2 is 2.42 bits per heavy atom. The first-order valence-electron chi connectivity index (χ1n) is 6.14. The second kappa shape index (κ2) is 6.23. The molecule has 1 saturated heterocycles. The van der Waals surface area contributed by atoms with E-state index in [0.29, 0.717) is 18.2 Å². The molecule has 1 amide bonds. The normalized spacial score (nSPS) is 19.2. The number of aromatic hydroxyl groups is 1. The van der Waals surface area contributed by atoms with Crippen molar-refractivity contribution in [3.8, 4) is 5.75 Å². The van der Waals surface area contributed by atoms with Crippen LogP contribution in [0.5, 0.6) is 5.75 Å². The maximum Gasteiger partial charge on any atom is 0.257 e. The molecule has 0 aliphatic carbocycles. The fourth-order valence-corrected chi connectivity index (χ4v) is 2.18. The maximum atomic E-state index is 12.2. The summed E-state index contributed by atoms with van der Waals surface area (Å²) >= 11 is 5.74. The van der Waals surface area contributed by atoms with E-state index in [1.807, 2.05) is 0 Å². The van der Waals surface area contributed by atoms with Gasteiger partial charge < -0.3 is 20.1 Å². The zero-order valence-electron chi connectivity index (χ0n) is 10.7. The summed E-state index contributed by atoms with van der Waals surface area (Å²) in [5.41, 5.74) is 0.246. The summed E-state index contributed by atoms with van der Waals surface area (Å²) in [7, 11) is 1.69. The van der Waals surface area contributed by atoms with Crippen LogP contribution in [-0.4, -0.2) is 55.3 Å². The molecule has 1 aliphatic heterocycles. The van der Waals surface area contributed by atoms with Crippen LogP contribution in [0, 0.1) is 0 Å². The number of carbonyl (C=O) groups is 1. The molecule has 1 aliphatic rings. The predicted molar refractivity (Wildman–Crippen MR) is 72.7 cm³/mol. The van der Waals surface area contributed by atoms with Gasteiger partial charge in [-0.1, -0.05) is 11.6 Å². The average molecular weight is 285 g/mol. The van der Waals surface area contributed by atoms with E-state index in [1.54, 1.807) is 18.0 Å². The number of phenolic OH excluding ortho intramolecular Hbond substituents is 1. The van der Waals surface area contributed by atoms with Gasteiger partial charge in [-0.2, -0.15) is 0 Å². The van der Waals surface area contributed by atoms with Gasteiger partial charge in [0, 0.05) is 31.7 Å². The molecule has 1 aromatic rings. The molecule has 2 N–H and O–H groups in total. The van der Waals surface area contributed by atoms with Gasteiger partial charge >= 0.3 is 0 Å². The van der Waals surface area contributed by atoms with Crippen LogP contribution in [0.4, 0.5) is 0 Å². The largest absolute Gasteiger partial charge is 0.507 e. The molecule has 2 rings (SSSR count). The second-order valence-electron chi connectivity index (χ2n) is 4.54. The van der Waals surface area contributed by atoms with Gasteiger partial charge in [-0.05, 0) is 18.2 Å². The molecule has 1 heterocycles. The van der Waals surface area contributed by atoms with Crippen molar-refractivity contribution in [1.82, 2.24) is 10.2 Å². The lowest BCUT2D eigenvalue weighted by Crippen LogP contribution is -2.45. The van der Waals surface area contributed by atoms with Crippen molar-refractivity contribution < 1.29 is 14.6 Å². The number of amides is 1. The highest BCUT2D eigenvalue weighted by molar-refractivity contribution is 6.30. The van der Waals surface area contributed by atoms with Crippen molar-refractivity contribution in [3.63, 3.8) is 0 Å². The predicted octanol–water partition coefficient (Wildman–Crippen LogP) is 1.11. The molecule has 0 spiro atoms. The van der Waals surface area contributed by atoms with E-state index in [4.69, 9.17) is 16.3 Å². The number of phenols is 1. The Morgan fingerprint density at radius 3 is 3.05 bits per heavy atom. The lowest BCUT2D eigenvalue weighted by molar-refractivity contribution is 0.0103. The van der Waals surface area contributed by atoms with Crippen LogP contribution in [0.2, 0.25) is 5.02 Å². The third-order valence-electron chi connectivity index (χ3n) is 3.02. The molecular weight excluding hydrogens is 268 g/mol. The van der Waals surface area contributed by atoms with E-state index < -0.39 is 0 Å². The lowest BCUT2D eigenvalue weighted by Gasteiger charge is -2.28. The Bertz CT molecular complexity index is 461. The Hall–Kier alpha value is -1.30. The third kappa shape index (κ3) is 3.59. The standard InChI is InChI=1S/C13H17ClN2O3/c1-16(8-10-7-15-4-5-19-10)13(18)11-3-2-9(14)6-12(11)17/h2-3,6,10,15,17H,4-5,7-8H2,1H3. The zero-order valence-corrected chi connectivity index (χ0v) is 11.5. The number of rotatable bonds is 3. The number of benzene rings is 1. The van der Waals surface area contributed by atoms with Crippen LogP contribution >= 0.6 is 11.6 Å². The van der Waals surface area contributed by atoms with E-state index in [9.17, 15) is 9.90 Å². The van der Waals surface area contributed by atoms with Gasteiger partial charge in [-0.3, -0.25) is 4.79 Å². The first kappa shape index (κ1) is 14.1. The van der Waals surface area contributed by atoms with E-state index in [2.05, 4.69) is 5.32 Å². The van der Waals surface area contributed by atoms with Gasteiger partial charge in [0.2, 0.25) is 0 Å². The van der Waals surface area contributed by atoms with Crippen molar-refractivity contribution in [2.45, 2.75) is 6.10 Å². The van der Waals surface area contributed by atoms with Crippen LogP contribution in [0.1, 0.15) is 10.4 Å².